The fourth-order valence-electron chi connectivity index (χ4n) is 2.60. The van der Waals surface area contributed by atoms with Gasteiger partial charge >= 0.3 is 0 Å². The van der Waals surface area contributed by atoms with Crippen LogP contribution in [0.1, 0.15) is 44.9 Å². The number of carbonyl (C=O) groups is 1. The summed E-state index contributed by atoms with van der Waals surface area (Å²) in [4.78, 5) is 13.9. The fraction of sp³-hybridized carbons (Fsp3) is 0.929. The molecule has 3 nitrogen and oxygen atoms in total. The molecule has 0 aromatic rings. The van der Waals surface area contributed by atoms with Crippen LogP contribution < -0.4 is 5.32 Å². The molecule has 0 radical (unpaired) electrons. The molecule has 1 N–H and O–H groups in total. The maximum Gasteiger partial charge on any atom is 0.222 e. The van der Waals surface area contributed by atoms with Gasteiger partial charge < -0.3 is 10.2 Å². The van der Waals surface area contributed by atoms with Gasteiger partial charge in [0.2, 0.25) is 5.91 Å². The summed E-state index contributed by atoms with van der Waals surface area (Å²) in [6.07, 6.45) is 8.34. The van der Waals surface area contributed by atoms with E-state index in [0.717, 1.165) is 44.3 Å². The minimum atomic E-state index is 0. The van der Waals surface area contributed by atoms with Gasteiger partial charge in [-0.15, -0.1) is 12.4 Å². The van der Waals surface area contributed by atoms with E-state index >= 15 is 0 Å². The van der Waals surface area contributed by atoms with Crippen molar-refractivity contribution in [3.63, 3.8) is 0 Å². The smallest absolute Gasteiger partial charge is 0.222 e. The Morgan fingerprint density at radius 1 is 1.11 bits per heavy atom. The van der Waals surface area contributed by atoms with Crippen LogP contribution in [0.4, 0.5) is 0 Å². The lowest BCUT2D eigenvalue weighted by Gasteiger charge is -2.23. The molecule has 0 atom stereocenters. The van der Waals surface area contributed by atoms with Gasteiger partial charge in [0, 0.05) is 20.0 Å². The van der Waals surface area contributed by atoms with E-state index in [4.69, 9.17) is 0 Å². The molecule has 1 aliphatic carbocycles. The lowest BCUT2D eigenvalue weighted by molar-refractivity contribution is -0.130. The van der Waals surface area contributed by atoms with E-state index in [9.17, 15) is 4.79 Å². The normalized spacial score (nSPS) is 20.3. The van der Waals surface area contributed by atoms with Crippen molar-refractivity contribution in [2.45, 2.75) is 44.9 Å². The van der Waals surface area contributed by atoms with Crippen molar-refractivity contribution in [3.05, 3.63) is 0 Å². The molecule has 0 bridgehead atoms. The molecular weight excluding hydrogens is 248 g/mol. The van der Waals surface area contributed by atoms with Gasteiger partial charge in [-0.2, -0.15) is 0 Å². The first kappa shape index (κ1) is 15.8. The van der Waals surface area contributed by atoms with E-state index in [2.05, 4.69) is 5.32 Å². The Bertz CT molecular complexity index is 250. The molecule has 2 aliphatic rings. The van der Waals surface area contributed by atoms with Crippen molar-refractivity contribution in [3.8, 4) is 0 Å². The van der Waals surface area contributed by atoms with Gasteiger partial charge in [-0.25, -0.2) is 0 Å². The maximum atomic E-state index is 11.9. The molecular formula is C14H27ClN2O. The quantitative estimate of drug-likeness (QED) is 0.807. The van der Waals surface area contributed by atoms with Gasteiger partial charge in [-0.3, -0.25) is 4.79 Å². The third kappa shape index (κ3) is 5.57. The van der Waals surface area contributed by atoms with E-state index in [0.29, 0.717) is 5.91 Å². The van der Waals surface area contributed by atoms with Crippen LogP contribution in [0, 0.1) is 11.8 Å². The summed E-state index contributed by atoms with van der Waals surface area (Å²) in [5, 5.41) is 3.37. The SMILES string of the molecule is CN(CCC1CC1)C(=O)CCC1CCNCC1.Cl. The molecule has 1 saturated heterocycles. The molecule has 1 saturated carbocycles. The van der Waals surface area contributed by atoms with E-state index in [1.165, 1.54) is 32.1 Å². The van der Waals surface area contributed by atoms with Gasteiger partial charge in [0.25, 0.3) is 0 Å². The number of nitrogens with one attached hydrogen (secondary N) is 1. The molecule has 1 amide bonds. The predicted octanol–water partition coefficient (Wildman–Crippen LogP) is 2.45. The largest absolute Gasteiger partial charge is 0.346 e. The Labute approximate surface area is 117 Å². The zero-order valence-electron chi connectivity index (χ0n) is 11.5. The number of nitrogens with zero attached hydrogens (tertiary/aromatic N) is 1. The second-order valence-electron chi connectivity index (χ2n) is 5.78. The highest BCUT2D eigenvalue weighted by molar-refractivity contribution is 5.85. The van der Waals surface area contributed by atoms with Crippen LogP contribution in [-0.2, 0) is 4.79 Å². The van der Waals surface area contributed by atoms with Gasteiger partial charge in [0.1, 0.15) is 0 Å². The molecule has 18 heavy (non-hydrogen) atoms. The summed E-state index contributed by atoms with van der Waals surface area (Å²) in [5.74, 6) is 2.05. The molecule has 0 aromatic heterocycles. The van der Waals surface area contributed by atoms with Crippen molar-refractivity contribution < 1.29 is 4.79 Å². The van der Waals surface area contributed by atoms with Crippen molar-refractivity contribution in [2.75, 3.05) is 26.7 Å². The van der Waals surface area contributed by atoms with Crippen LogP contribution in [0.5, 0.6) is 0 Å². The molecule has 2 fully saturated rings. The summed E-state index contributed by atoms with van der Waals surface area (Å²) in [7, 11) is 1.97. The Kier molecular flexibility index (Phi) is 7.02. The lowest BCUT2D eigenvalue weighted by Crippen LogP contribution is -2.31. The number of hydrogen-bond acceptors (Lipinski definition) is 2. The predicted molar refractivity (Wildman–Crippen MR) is 77.1 cm³/mol. The second-order valence-corrected chi connectivity index (χ2v) is 5.78. The molecule has 1 heterocycles. The first-order valence-electron chi connectivity index (χ1n) is 7.20. The Morgan fingerprint density at radius 3 is 2.33 bits per heavy atom. The van der Waals surface area contributed by atoms with Crippen molar-refractivity contribution in [1.82, 2.24) is 10.2 Å². The van der Waals surface area contributed by atoms with Crippen LogP contribution in [0.25, 0.3) is 0 Å². The third-order valence-corrected chi connectivity index (χ3v) is 4.22. The molecule has 0 unspecified atom stereocenters. The highest BCUT2D eigenvalue weighted by Gasteiger charge is 2.22. The first-order chi connectivity index (χ1) is 8.25. The number of rotatable bonds is 6. The summed E-state index contributed by atoms with van der Waals surface area (Å²) in [6, 6.07) is 0. The number of amides is 1. The molecule has 0 aromatic carbocycles. The van der Waals surface area contributed by atoms with Gasteiger partial charge in [-0.05, 0) is 50.6 Å². The van der Waals surface area contributed by atoms with E-state index in [1.54, 1.807) is 0 Å². The van der Waals surface area contributed by atoms with E-state index in [-0.39, 0.29) is 12.4 Å². The molecule has 4 heteroatoms. The second kappa shape index (κ2) is 8.00. The Morgan fingerprint density at radius 2 is 1.72 bits per heavy atom. The molecule has 1 aliphatic heterocycles. The number of halogens is 1. The van der Waals surface area contributed by atoms with Gasteiger partial charge in [0.15, 0.2) is 0 Å². The average Bonchev–Trinajstić information content (AvgIpc) is 3.18. The summed E-state index contributed by atoms with van der Waals surface area (Å²) in [6.45, 7) is 3.24. The van der Waals surface area contributed by atoms with E-state index in [1.807, 2.05) is 11.9 Å². The Balaban J connectivity index is 0.00000162. The number of carbonyl (C=O) groups excluding carboxylic acids is 1. The summed E-state index contributed by atoms with van der Waals surface area (Å²) < 4.78 is 0. The zero-order valence-corrected chi connectivity index (χ0v) is 12.3. The topological polar surface area (TPSA) is 32.3 Å². The van der Waals surface area contributed by atoms with Gasteiger partial charge in [0.05, 0.1) is 0 Å². The van der Waals surface area contributed by atoms with Crippen LogP contribution in [0.3, 0.4) is 0 Å². The fourth-order valence-corrected chi connectivity index (χ4v) is 2.60. The monoisotopic (exact) mass is 274 g/mol. The van der Waals surface area contributed by atoms with Crippen molar-refractivity contribution >= 4 is 18.3 Å². The molecule has 0 spiro atoms. The van der Waals surface area contributed by atoms with E-state index < -0.39 is 0 Å². The number of hydrogen-bond donors (Lipinski definition) is 1. The number of piperidine rings is 1. The first-order valence-corrected chi connectivity index (χ1v) is 7.20. The van der Waals surface area contributed by atoms with Crippen LogP contribution in [0.2, 0.25) is 0 Å². The summed E-state index contributed by atoms with van der Waals surface area (Å²) >= 11 is 0. The minimum absolute atomic E-state index is 0. The molecule has 106 valence electrons. The zero-order chi connectivity index (χ0) is 12.1. The third-order valence-electron chi connectivity index (χ3n) is 4.22. The van der Waals surface area contributed by atoms with Crippen LogP contribution >= 0.6 is 12.4 Å². The minimum Gasteiger partial charge on any atom is -0.346 e. The average molecular weight is 275 g/mol. The van der Waals surface area contributed by atoms with Crippen LogP contribution in [-0.4, -0.2) is 37.5 Å². The lowest BCUT2D eigenvalue weighted by atomic mass is 9.93. The molecule has 2 rings (SSSR count). The van der Waals surface area contributed by atoms with Gasteiger partial charge in [-0.1, -0.05) is 12.8 Å². The van der Waals surface area contributed by atoms with Crippen LogP contribution in [0.15, 0.2) is 0 Å². The summed E-state index contributed by atoms with van der Waals surface area (Å²) in [5.41, 5.74) is 0. The highest BCUT2D eigenvalue weighted by atomic mass is 35.5. The highest BCUT2D eigenvalue weighted by Crippen LogP contribution is 2.32. The maximum absolute atomic E-state index is 11.9. The Hall–Kier alpha value is -0.280. The van der Waals surface area contributed by atoms with Crippen molar-refractivity contribution in [2.24, 2.45) is 11.8 Å². The standard InChI is InChI=1S/C14H26N2O.ClH/c1-16(11-8-12-2-3-12)14(17)5-4-13-6-9-15-10-7-13;/h12-13,15H,2-11H2,1H3;1H. The van der Waals surface area contributed by atoms with Crippen molar-refractivity contribution in [1.29, 1.82) is 0 Å².